The molecule has 1 aromatic rings. The van der Waals surface area contributed by atoms with E-state index in [1.165, 1.54) is 0 Å². The summed E-state index contributed by atoms with van der Waals surface area (Å²) in [6.45, 7) is 2.18. The monoisotopic (exact) mass is 236 g/mol. The van der Waals surface area contributed by atoms with Crippen LogP contribution in [0.25, 0.3) is 0 Å². The number of rotatable bonds is 2. The third-order valence-electron chi connectivity index (χ3n) is 3.18. The second kappa shape index (κ2) is 4.18. The van der Waals surface area contributed by atoms with Gasteiger partial charge in [-0.15, -0.1) is 0 Å². The first-order chi connectivity index (χ1) is 8.34. The van der Waals surface area contributed by atoms with Crippen LogP contribution < -0.4 is 20.1 Å². The minimum atomic E-state index is -0.645. The molecule has 1 atom stereocenters. The van der Waals surface area contributed by atoms with E-state index in [0.29, 0.717) is 6.61 Å². The zero-order valence-electron chi connectivity index (χ0n) is 9.73. The average molecular weight is 236 g/mol. The molecule has 1 saturated heterocycles. The van der Waals surface area contributed by atoms with Crippen molar-refractivity contribution in [3.05, 3.63) is 24.3 Å². The van der Waals surface area contributed by atoms with E-state index in [9.17, 15) is 0 Å². The Kier molecular flexibility index (Phi) is 2.66. The Balaban J connectivity index is 1.83. The van der Waals surface area contributed by atoms with Gasteiger partial charge in [0.25, 0.3) is 0 Å². The zero-order chi connectivity index (χ0) is 11.7. The summed E-state index contributed by atoms with van der Waals surface area (Å²) in [6.07, 6.45) is -0.204. The molecule has 0 aromatic heterocycles. The maximum Gasteiger partial charge on any atom is 0.216 e. The van der Waals surface area contributed by atoms with Crippen LogP contribution in [0.15, 0.2) is 24.3 Å². The smallest absolute Gasteiger partial charge is 0.216 e. The van der Waals surface area contributed by atoms with Crippen molar-refractivity contribution in [3.63, 3.8) is 0 Å². The fourth-order valence-corrected chi connectivity index (χ4v) is 2.28. The highest BCUT2D eigenvalue weighted by Crippen LogP contribution is 2.33. The third kappa shape index (κ3) is 1.76. The van der Waals surface area contributed by atoms with Crippen LogP contribution in [0, 0.1) is 0 Å². The first kappa shape index (κ1) is 10.8. The maximum atomic E-state index is 5.94. The molecule has 0 radical (unpaired) electrons. The predicted octanol–water partition coefficient (Wildman–Crippen LogP) is 0.319. The lowest BCUT2D eigenvalue weighted by atomic mass is 10.2. The van der Waals surface area contributed by atoms with E-state index in [-0.39, 0.29) is 6.10 Å². The quantitative estimate of drug-likeness (QED) is 0.774. The molecular weight excluding hydrogens is 220 g/mol. The van der Waals surface area contributed by atoms with Crippen molar-refractivity contribution in [3.8, 4) is 11.5 Å². The van der Waals surface area contributed by atoms with Crippen LogP contribution in [0.4, 0.5) is 0 Å². The van der Waals surface area contributed by atoms with Gasteiger partial charge in [0.1, 0.15) is 6.61 Å². The van der Waals surface area contributed by atoms with Gasteiger partial charge in [0.2, 0.25) is 5.85 Å². The Morgan fingerprint density at radius 3 is 2.65 bits per heavy atom. The molecule has 0 saturated carbocycles. The lowest BCUT2D eigenvalue weighted by molar-refractivity contribution is -0.136. The Morgan fingerprint density at radius 2 is 1.94 bits per heavy atom. The van der Waals surface area contributed by atoms with Crippen LogP contribution in [0.2, 0.25) is 0 Å². The molecule has 2 aliphatic heterocycles. The summed E-state index contributed by atoms with van der Waals surface area (Å²) in [5.41, 5.74) is 0. The molecule has 1 fully saturated rings. The van der Waals surface area contributed by atoms with Crippen LogP contribution in [0.3, 0.4) is 0 Å². The number of benzene rings is 1. The van der Waals surface area contributed by atoms with Crippen LogP contribution in [0.1, 0.15) is 0 Å². The fourth-order valence-electron chi connectivity index (χ4n) is 2.28. The number of methoxy groups -OCH3 is 1. The van der Waals surface area contributed by atoms with Gasteiger partial charge in [-0.05, 0) is 12.1 Å². The highest BCUT2D eigenvalue weighted by Gasteiger charge is 2.45. The van der Waals surface area contributed by atoms with E-state index in [1.807, 2.05) is 24.3 Å². The first-order valence-corrected chi connectivity index (χ1v) is 5.78. The molecule has 2 aliphatic rings. The lowest BCUT2D eigenvalue weighted by Crippen LogP contribution is -2.64. The van der Waals surface area contributed by atoms with Gasteiger partial charge in [-0.1, -0.05) is 12.1 Å². The van der Waals surface area contributed by atoms with Crippen molar-refractivity contribution in [1.29, 1.82) is 0 Å². The normalized spacial score (nSPS) is 25.8. The van der Waals surface area contributed by atoms with E-state index in [2.05, 4.69) is 10.6 Å². The standard InChI is InChI=1S/C12H16N2O3/c1-15-12(13-6-7-14-12)11-8-16-9-4-2-3-5-10(9)17-11/h2-5,11,13-14H,6-8H2,1H3. The molecule has 5 nitrogen and oxygen atoms in total. The number of nitrogens with one attached hydrogen (secondary N) is 2. The Morgan fingerprint density at radius 1 is 1.24 bits per heavy atom. The molecule has 17 heavy (non-hydrogen) atoms. The first-order valence-electron chi connectivity index (χ1n) is 5.78. The van der Waals surface area contributed by atoms with E-state index in [4.69, 9.17) is 14.2 Å². The van der Waals surface area contributed by atoms with Crippen LogP contribution in [-0.2, 0) is 4.74 Å². The summed E-state index contributed by atoms with van der Waals surface area (Å²) in [4.78, 5) is 0. The summed E-state index contributed by atoms with van der Waals surface area (Å²) in [5, 5.41) is 6.56. The average Bonchev–Trinajstić information content (AvgIpc) is 2.88. The Hall–Kier alpha value is -1.30. The minimum absolute atomic E-state index is 0.204. The molecule has 0 aliphatic carbocycles. The number of hydrogen-bond acceptors (Lipinski definition) is 5. The lowest BCUT2D eigenvalue weighted by Gasteiger charge is -2.38. The molecule has 2 N–H and O–H groups in total. The largest absolute Gasteiger partial charge is 0.486 e. The van der Waals surface area contributed by atoms with Crippen molar-refractivity contribution in [2.24, 2.45) is 0 Å². The summed E-state index contributed by atoms with van der Waals surface area (Å²) >= 11 is 0. The van der Waals surface area contributed by atoms with Crippen molar-refractivity contribution < 1.29 is 14.2 Å². The number of ether oxygens (including phenoxy) is 3. The van der Waals surface area contributed by atoms with E-state index in [0.717, 1.165) is 24.6 Å². The van der Waals surface area contributed by atoms with Crippen LogP contribution in [0.5, 0.6) is 11.5 Å². The van der Waals surface area contributed by atoms with E-state index in [1.54, 1.807) is 7.11 Å². The highest BCUT2D eigenvalue weighted by atomic mass is 16.6. The highest BCUT2D eigenvalue weighted by molar-refractivity contribution is 5.41. The van der Waals surface area contributed by atoms with Crippen molar-refractivity contribution in [2.45, 2.75) is 12.0 Å². The number of fused-ring (bicyclic) bond motifs is 1. The molecule has 92 valence electrons. The minimum Gasteiger partial charge on any atom is -0.486 e. The summed E-state index contributed by atoms with van der Waals surface area (Å²) in [6, 6.07) is 7.67. The van der Waals surface area contributed by atoms with Crippen LogP contribution in [-0.4, -0.2) is 38.8 Å². The molecular formula is C12H16N2O3. The zero-order valence-corrected chi connectivity index (χ0v) is 9.73. The van der Waals surface area contributed by atoms with Gasteiger partial charge < -0.3 is 14.2 Å². The summed E-state index contributed by atoms with van der Waals surface area (Å²) in [5.74, 6) is 0.900. The van der Waals surface area contributed by atoms with E-state index < -0.39 is 5.85 Å². The molecule has 1 aromatic carbocycles. The molecule has 5 heteroatoms. The second-order valence-corrected chi connectivity index (χ2v) is 4.16. The Labute approximate surface area is 100 Å². The van der Waals surface area contributed by atoms with Gasteiger partial charge in [0.05, 0.1) is 0 Å². The molecule has 0 spiro atoms. The van der Waals surface area contributed by atoms with Crippen molar-refractivity contribution in [1.82, 2.24) is 10.6 Å². The van der Waals surface area contributed by atoms with Gasteiger partial charge in [0.15, 0.2) is 17.6 Å². The topological polar surface area (TPSA) is 51.8 Å². The number of para-hydroxylation sites is 2. The maximum absolute atomic E-state index is 5.94. The van der Waals surface area contributed by atoms with E-state index >= 15 is 0 Å². The van der Waals surface area contributed by atoms with Crippen molar-refractivity contribution in [2.75, 3.05) is 26.8 Å². The molecule has 0 bridgehead atoms. The molecule has 0 amide bonds. The summed E-state index contributed by atoms with van der Waals surface area (Å²) < 4.78 is 17.2. The van der Waals surface area contributed by atoms with Crippen LogP contribution >= 0.6 is 0 Å². The third-order valence-corrected chi connectivity index (χ3v) is 3.18. The van der Waals surface area contributed by atoms with Gasteiger partial charge in [-0.25, -0.2) is 0 Å². The second-order valence-electron chi connectivity index (χ2n) is 4.16. The fraction of sp³-hybridized carbons (Fsp3) is 0.500. The predicted molar refractivity (Wildman–Crippen MR) is 62.1 cm³/mol. The van der Waals surface area contributed by atoms with Crippen molar-refractivity contribution >= 4 is 0 Å². The summed E-state index contributed by atoms with van der Waals surface area (Å²) in [7, 11) is 1.66. The Bertz CT molecular complexity index is 404. The van der Waals surface area contributed by atoms with Gasteiger partial charge in [-0.2, -0.15) is 0 Å². The van der Waals surface area contributed by atoms with Gasteiger partial charge in [0, 0.05) is 20.2 Å². The SMILES string of the molecule is COC1(C2COc3ccccc3O2)NCCN1. The molecule has 3 rings (SSSR count). The van der Waals surface area contributed by atoms with Gasteiger partial charge >= 0.3 is 0 Å². The molecule has 1 unspecified atom stereocenters. The number of hydrogen-bond donors (Lipinski definition) is 2. The van der Waals surface area contributed by atoms with Gasteiger partial charge in [-0.3, -0.25) is 10.6 Å². The molecule has 2 heterocycles.